The highest BCUT2D eigenvalue weighted by atomic mass is 35.5. The Morgan fingerprint density at radius 3 is 2.10 bits per heavy atom. The standard InChI is InChI=1S/C21H20ClN3O5/c1-28-17-7-6-13(10-19(17)30-3)20(26)23-24-21(27)14-11-15(22)16(12-18(14)29-2)25-8-4-5-9-25/h4-12H,1-3H3,(H,23,26)(H,24,27). The van der Waals surface area contributed by atoms with Gasteiger partial charge in [0.05, 0.1) is 37.6 Å². The van der Waals surface area contributed by atoms with Gasteiger partial charge in [-0.15, -0.1) is 0 Å². The SMILES string of the molecule is COc1ccc(C(=O)NNC(=O)c2cc(Cl)c(-n3cccc3)cc2OC)cc1OC. The van der Waals surface area contributed by atoms with E-state index in [1.54, 1.807) is 22.8 Å². The fraction of sp³-hybridized carbons (Fsp3) is 0.143. The van der Waals surface area contributed by atoms with Gasteiger partial charge in [-0.1, -0.05) is 11.6 Å². The van der Waals surface area contributed by atoms with Gasteiger partial charge in [-0.25, -0.2) is 0 Å². The third-order valence-electron chi connectivity index (χ3n) is 4.33. The third-order valence-corrected chi connectivity index (χ3v) is 4.63. The number of carbonyl (C=O) groups is 2. The Labute approximate surface area is 178 Å². The van der Waals surface area contributed by atoms with Crippen LogP contribution in [0.5, 0.6) is 17.2 Å². The van der Waals surface area contributed by atoms with Crippen LogP contribution in [-0.2, 0) is 0 Å². The van der Waals surface area contributed by atoms with E-state index in [0.29, 0.717) is 28.0 Å². The molecule has 2 amide bonds. The molecule has 0 spiro atoms. The number of methoxy groups -OCH3 is 3. The summed E-state index contributed by atoms with van der Waals surface area (Å²) < 4.78 is 17.5. The summed E-state index contributed by atoms with van der Waals surface area (Å²) in [7, 11) is 4.41. The van der Waals surface area contributed by atoms with E-state index in [1.807, 2.05) is 24.5 Å². The number of nitrogens with one attached hydrogen (secondary N) is 2. The maximum absolute atomic E-state index is 12.6. The van der Waals surface area contributed by atoms with E-state index in [2.05, 4.69) is 10.9 Å². The van der Waals surface area contributed by atoms with Crippen LogP contribution in [0.2, 0.25) is 5.02 Å². The molecule has 156 valence electrons. The van der Waals surface area contributed by atoms with E-state index in [1.165, 1.54) is 33.5 Å². The van der Waals surface area contributed by atoms with Crippen molar-refractivity contribution in [1.29, 1.82) is 0 Å². The molecule has 1 aromatic heterocycles. The normalized spacial score (nSPS) is 10.3. The second-order valence-electron chi connectivity index (χ2n) is 6.07. The number of aromatic nitrogens is 1. The van der Waals surface area contributed by atoms with E-state index in [9.17, 15) is 9.59 Å². The number of carbonyl (C=O) groups excluding carboxylic acids is 2. The highest BCUT2D eigenvalue weighted by molar-refractivity contribution is 6.33. The number of halogens is 1. The Balaban J connectivity index is 1.76. The Morgan fingerprint density at radius 1 is 0.833 bits per heavy atom. The van der Waals surface area contributed by atoms with Gasteiger partial charge < -0.3 is 18.8 Å². The van der Waals surface area contributed by atoms with Gasteiger partial charge in [0.1, 0.15) is 5.75 Å². The zero-order valence-corrected chi connectivity index (χ0v) is 17.3. The lowest BCUT2D eigenvalue weighted by molar-refractivity contribution is 0.0844. The summed E-state index contributed by atoms with van der Waals surface area (Å²) in [5.41, 5.74) is 5.83. The molecule has 0 radical (unpaired) electrons. The monoisotopic (exact) mass is 429 g/mol. The quantitative estimate of drug-likeness (QED) is 0.587. The van der Waals surface area contributed by atoms with E-state index in [0.717, 1.165) is 0 Å². The first-order valence-corrected chi connectivity index (χ1v) is 9.20. The number of hydrogen-bond acceptors (Lipinski definition) is 5. The molecule has 3 aromatic rings. The van der Waals surface area contributed by atoms with Crippen LogP contribution in [-0.4, -0.2) is 37.7 Å². The Bertz CT molecular complexity index is 1070. The van der Waals surface area contributed by atoms with Crippen molar-refractivity contribution < 1.29 is 23.8 Å². The van der Waals surface area contributed by atoms with Crippen molar-refractivity contribution in [2.24, 2.45) is 0 Å². The molecule has 2 N–H and O–H groups in total. The molecule has 0 unspecified atom stereocenters. The molecule has 1 heterocycles. The largest absolute Gasteiger partial charge is 0.496 e. The molecule has 8 nitrogen and oxygen atoms in total. The number of nitrogens with zero attached hydrogens (tertiary/aromatic N) is 1. The molecule has 0 aliphatic rings. The first-order chi connectivity index (χ1) is 14.5. The molecule has 0 saturated carbocycles. The second kappa shape index (κ2) is 9.23. The van der Waals surface area contributed by atoms with Gasteiger partial charge in [-0.2, -0.15) is 0 Å². The molecular weight excluding hydrogens is 410 g/mol. The molecule has 0 fully saturated rings. The van der Waals surface area contributed by atoms with E-state index >= 15 is 0 Å². The average Bonchev–Trinajstić information content (AvgIpc) is 3.31. The summed E-state index contributed by atoms with van der Waals surface area (Å²) >= 11 is 6.34. The van der Waals surface area contributed by atoms with Crippen molar-refractivity contribution in [2.45, 2.75) is 0 Å². The predicted molar refractivity (Wildman–Crippen MR) is 112 cm³/mol. The number of rotatable bonds is 6. The van der Waals surface area contributed by atoms with Gasteiger partial charge >= 0.3 is 0 Å². The summed E-state index contributed by atoms with van der Waals surface area (Å²) in [6.07, 6.45) is 3.65. The van der Waals surface area contributed by atoms with Crippen LogP contribution < -0.4 is 25.1 Å². The topological polar surface area (TPSA) is 90.8 Å². The lowest BCUT2D eigenvalue weighted by atomic mass is 10.1. The van der Waals surface area contributed by atoms with Crippen molar-refractivity contribution in [3.63, 3.8) is 0 Å². The minimum absolute atomic E-state index is 0.172. The molecule has 9 heteroatoms. The van der Waals surface area contributed by atoms with Crippen molar-refractivity contribution in [2.75, 3.05) is 21.3 Å². The van der Waals surface area contributed by atoms with Crippen LogP contribution in [0, 0.1) is 0 Å². The Hall–Kier alpha value is -3.65. The van der Waals surface area contributed by atoms with Crippen LogP contribution in [0.3, 0.4) is 0 Å². The molecule has 0 aliphatic heterocycles. The minimum atomic E-state index is -0.582. The van der Waals surface area contributed by atoms with E-state index < -0.39 is 11.8 Å². The molecule has 0 aliphatic carbocycles. The number of ether oxygens (including phenoxy) is 3. The summed E-state index contributed by atoms with van der Waals surface area (Å²) in [5, 5.41) is 0.350. The number of hydrazine groups is 1. The van der Waals surface area contributed by atoms with Crippen LogP contribution in [0.1, 0.15) is 20.7 Å². The molecule has 30 heavy (non-hydrogen) atoms. The van der Waals surface area contributed by atoms with Gasteiger partial charge in [-0.3, -0.25) is 20.4 Å². The molecule has 0 saturated heterocycles. The number of benzene rings is 2. The van der Waals surface area contributed by atoms with Crippen LogP contribution in [0.25, 0.3) is 5.69 Å². The molecule has 0 bridgehead atoms. The molecule has 2 aromatic carbocycles. The average molecular weight is 430 g/mol. The third kappa shape index (κ3) is 4.33. The van der Waals surface area contributed by atoms with Gasteiger partial charge in [0, 0.05) is 24.0 Å². The number of amides is 2. The first-order valence-electron chi connectivity index (χ1n) is 8.82. The maximum Gasteiger partial charge on any atom is 0.273 e. The fourth-order valence-corrected chi connectivity index (χ4v) is 3.07. The zero-order valence-electron chi connectivity index (χ0n) is 16.6. The first kappa shape index (κ1) is 21.1. The fourth-order valence-electron chi connectivity index (χ4n) is 2.81. The molecule has 0 atom stereocenters. The van der Waals surface area contributed by atoms with Gasteiger partial charge in [-0.05, 0) is 36.4 Å². The van der Waals surface area contributed by atoms with Crippen molar-refractivity contribution in [1.82, 2.24) is 15.4 Å². The van der Waals surface area contributed by atoms with Gasteiger partial charge in [0.25, 0.3) is 11.8 Å². The predicted octanol–water partition coefficient (Wildman–Crippen LogP) is 3.23. The van der Waals surface area contributed by atoms with Crippen molar-refractivity contribution in [3.8, 4) is 22.9 Å². The number of hydrogen-bond donors (Lipinski definition) is 2. The summed E-state index contributed by atoms with van der Waals surface area (Å²) in [5.74, 6) is 0.0756. The van der Waals surface area contributed by atoms with Crippen LogP contribution in [0.15, 0.2) is 54.9 Å². The lowest BCUT2D eigenvalue weighted by Gasteiger charge is -2.14. The van der Waals surface area contributed by atoms with E-state index in [4.69, 9.17) is 25.8 Å². The van der Waals surface area contributed by atoms with E-state index in [-0.39, 0.29) is 11.1 Å². The van der Waals surface area contributed by atoms with Crippen LogP contribution >= 0.6 is 11.6 Å². The van der Waals surface area contributed by atoms with Crippen LogP contribution in [0.4, 0.5) is 0 Å². The van der Waals surface area contributed by atoms with Crippen molar-refractivity contribution >= 4 is 23.4 Å². The maximum atomic E-state index is 12.6. The second-order valence-corrected chi connectivity index (χ2v) is 6.48. The smallest absolute Gasteiger partial charge is 0.273 e. The Kier molecular flexibility index (Phi) is 6.48. The summed E-state index contributed by atoms with van der Waals surface area (Å²) in [4.78, 5) is 25.0. The van der Waals surface area contributed by atoms with Gasteiger partial charge in [0.15, 0.2) is 11.5 Å². The minimum Gasteiger partial charge on any atom is -0.496 e. The highest BCUT2D eigenvalue weighted by Gasteiger charge is 2.18. The summed E-state index contributed by atoms with van der Waals surface area (Å²) in [6, 6.07) is 11.5. The highest BCUT2D eigenvalue weighted by Crippen LogP contribution is 2.30. The molecular formula is C21H20ClN3O5. The summed E-state index contributed by atoms with van der Waals surface area (Å²) in [6.45, 7) is 0. The van der Waals surface area contributed by atoms with Gasteiger partial charge in [0.2, 0.25) is 0 Å². The zero-order chi connectivity index (χ0) is 21.7. The molecule has 3 rings (SSSR count). The Morgan fingerprint density at radius 2 is 1.47 bits per heavy atom. The van der Waals surface area contributed by atoms with Crippen molar-refractivity contribution in [3.05, 3.63) is 71.0 Å². The lowest BCUT2D eigenvalue weighted by Crippen LogP contribution is -2.41.